The van der Waals surface area contributed by atoms with Gasteiger partial charge in [0.25, 0.3) is 5.91 Å². The molecule has 1 saturated heterocycles. The molecule has 2 unspecified atom stereocenters. The second kappa shape index (κ2) is 5.38. The van der Waals surface area contributed by atoms with E-state index >= 15 is 0 Å². The largest absolute Gasteiger partial charge is 0.335 e. The van der Waals surface area contributed by atoms with Crippen molar-refractivity contribution < 1.29 is 9.59 Å². The second-order valence-electron chi connectivity index (χ2n) is 4.80. The van der Waals surface area contributed by atoms with Crippen LogP contribution in [-0.4, -0.2) is 27.3 Å². The first-order chi connectivity index (χ1) is 8.48. The first-order valence-corrected chi connectivity index (χ1v) is 6.40. The summed E-state index contributed by atoms with van der Waals surface area (Å²) in [5, 5.41) is 0. The monoisotopic (exact) mass is 250 g/mol. The average molecular weight is 250 g/mol. The van der Waals surface area contributed by atoms with Gasteiger partial charge in [0, 0.05) is 12.4 Å². The number of nitrogens with zero attached hydrogens (tertiary/aromatic N) is 2. The highest BCUT2D eigenvalue weighted by Crippen LogP contribution is 2.37. The quantitative estimate of drug-likeness (QED) is 0.679. The Morgan fingerprint density at radius 3 is 2.28 bits per heavy atom. The van der Waals surface area contributed by atoms with Crippen LogP contribution in [0.15, 0.2) is 25.6 Å². The summed E-state index contributed by atoms with van der Waals surface area (Å²) in [5.41, 5.74) is -0.789. The smallest absolute Gasteiger partial charge is 0.286 e. The van der Waals surface area contributed by atoms with Crippen LogP contribution in [0.4, 0.5) is 4.79 Å². The molecule has 0 aromatic rings. The summed E-state index contributed by atoms with van der Waals surface area (Å²) >= 11 is 0. The first kappa shape index (κ1) is 14.5. The van der Waals surface area contributed by atoms with Crippen molar-refractivity contribution in [3.8, 4) is 0 Å². The Bertz CT molecular complexity index is 378. The van der Waals surface area contributed by atoms with E-state index in [1.54, 1.807) is 0 Å². The minimum Gasteiger partial charge on any atom is -0.286 e. The number of imide groups is 1. The maximum Gasteiger partial charge on any atom is 0.335 e. The highest BCUT2D eigenvalue weighted by Gasteiger charge is 2.54. The third-order valence-electron chi connectivity index (χ3n) is 3.82. The molecule has 0 radical (unpaired) electrons. The Hall–Kier alpha value is -1.58. The topological polar surface area (TPSA) is 40.6 Å². The van der Waals surface area contributed by atoms with Crippen LogP contribution in [0.25, 0.3) is 0 Å². The standard InChI is InChI=1S/C14H22N2O2/c1-6-11(5)10-14(7-2)12(17)15(8-3)13(18)16(14)9-4/h8-9,11H,3-4,6-7,10H2,1-2,5H3. The molecular formula is C14H22N2O2. The number of hydrogen-bond acceptors (Lipinski definition) is 2. The van der Waals surface area contributed by atoms with Crippen molar-refractivity contribution in [1.82, 2.24) is 9.80 Å². The Labute approximate surface area is 109 Å². The van der Waals surface area contributed by atoms with Crippen LogP contribution >= 0.6 is 0 Å². The molecule has 100 valence electrons. The number of hydrogen-bond donors (Lipinski definition) is 0. The predicted molar refractivity (Wildman–Crippen MR) is 71.6 cm³/mol. The van der Waals surface area contributed by atoms with E-state index < -0.39 is 5.54 Å². The number of urea groups is 1. The number of carbonyl (C=O) groups is 2. The minimum absolute atomic E-state index is 0.190. The van der Waals surface area contributed by atoms with Crippen LogP contribution < -0.4 is 0 Å². The molecule has 1 fully saturated rings. The van der Waals surface area contributed by atoms with Gasteiger partial charge in [-0.05, 0) is 18.8 Å². The second-order valence-corrected chi connectivity index (χ2v) is 4.80. The molecule has 2 atom stereocenters. The first-order valence-electron chi connectivity index (χ1n) is 6.40. The molecule has 0 aliphatic carbocycles. The van der Waals surface area contributed by atoms with Gasteiger partial charge in [0.1, 0.15) is 5.54 Å². The molecule has 0 aromatic heterocycles. The molecule has 1 rings (SSSR count). The van der Waals surface area contributed by atoms with Crippen LogP contribution in [0.5, 0.6) is 0 Å². The van der Waals surface area contributed by atoms with Gasteiger partial charge in [-0.15, -0.1) is 0 Å². The molecule has 0 N–H and O–H groups in total. The van der Waals surface area contributed by atoms with Crippen molar-refractivity contribution in [3.05, 3.63) is 25.6 Å². The van der Waals surface area contributed by atoms with Gasteiger partial charge in [0.05, 0.1) is 0 Å². The maximum absolute atomic E-state index is 12.5. The van der Waals surface area contributed by atoms with Gasteiger partial charge in [-0.3, -0.25) is 9.69 Å². The predicted octanol–water partition coefficient (Wildman–Crippen LogP) is 3.12. The third-order valence-corrected chi connectivity index (χ3v) is 3.82. The van der Waals surface area contributed by atoms with E-state index in [-0.39, 0.29) is 11.9 Å². The van der Waals surface area contributed by atoms with Crippen LogP contribution in [0.1, 0.15) is 40.0 Å². The van der Waals surface area contributed by atoms with Gasteiger partial charge in [0.2, 0.25) is 0 Å². The molecular weight excluding hydrogens is 228 g/mol. The molecule has 3 amide bonds. The van der Waals surface area contributed by atoms with Crippen LogP contribution in [0.2, 0.25) is 0 Å². The zero-order chi connectivity index (χ0) is 13.9. The maximum atomic E-state index is 12.5. The van der Waals surface area contributed by atoms with Crippen LogP contribution in [0, 0.1) is 5.92 Å². The number of rotatable bonds is 6. The van der Waals surface area contributed by atoms with Crippen molar-refractivity contribution in [2.45, 2.75) is 45.6 Å². The molecule has 0 bridgehead atoms. The van der Waals surface area contributed by atoms with Gasteiger partial charge >= 0.3 is 6.03 Å². The zero-order valence-electron chi connectivity index (χ0n) is 11.5. The summed E-state index contributed by atoms with van der Waals surface area (Å²) in [5.74, 6) is 0.180. The fraction of sp³-hybridized carbons (Fsp3) is 0.571. The summed E-state index contributed by atoms with van der Waals surface area (Å²) in [6, 6.07) is -0.352. The molecule has 4 nitrogen and oxygen atoms in total. The Kier molecular flexibility index (Phi) is 4.33. The van der Waals surface area contributed by atoms with Crippen LogP contribution in [0.3, 0.4) is 0 Å². The summed E-state index contributed by atoms with van der Waals surface area (Å²) < 4.78 is 0. The summed E-state index contributed by atoms with van der Waals surface area (Å²) in [4.78, 5) is 27.1. The highest BCUT2D eigenvalue weighted by molar-refractivity contribution is 6.08. The molecule has 0 saturated carbocycles. The summed E-state index contributed by atoms with van der Waals surface area (Å²) in [7, 11) is 0. The molecule has 1 aliphatic heterocycles. The Morgan fingerprint density at radius 1 is 1.28 bits per heavy atom. The van der Waals surface area contributed by atoms with Crippen molar-refractivity contribution in [2.75, 3.05) is 0 Å². The molecule has 4 heteroatoms. The lowest BCUT2D eigenvalue weighted by atomic mass is 9.83. The molecule has 0 aromatic carbocycles. The van der Waals surface area contributed by atoms with E-state index in [0.29, 0.717) is 18.8 Å². The average Bonchev–Trinajstić information content (AvgIpc) is 2.57. The minimum atomic E-state index is -0.789. The fourth-order valence-electron chi connectivity index (χ4n) is 2.50. The summed E-state index contributed by atoms with van der Waals surface area (Å²) in [6.45, 7) is 13.3. The lowest BCUT2D eigenvalue weighted by Gasteiger charge is -2.34. The van der Waals surface area contributed by atoms with Crippen molar-refractivity contribution in [3.63, 3.8) is 0 Å². The highest BCUT2D eigenvalue weighted by atomic mass is 16.2. The van der Waals surface area contributed by atoms with Gasteiger partial charge in [-0.1, -0.05) is 40.3 Å². The molecule has 1 heterocycles. The van der Waals surface area contributed by atoms with Crippen molar-refractivity contribution in [1.29, 1.82) is 0 Å². The SMILES string of the molecule is C=CN1C(=O)N(C=C)C(CC)(CC(C)CC)C1=O. The lowest BCUT2D eigenvalue weighted by molar-refractivity contribution is -0.132. The van der Waals surface area contributed by atoms with Gasteiger partial charge in [-0.25, -0.2) is 9.69 Å². The fourth-order valence-corrected chi connectivity index (χ4v) is 2.50. The molecule has 1 aliphatic rings. The number of amides is 3. The number of carbonyl (C=O) groups excluding carboxylic acids is 2. The van der Waals surface area contributed by atoms with Crippen molar-refractivity contribution in [2.24, 2.45) is 5.92 Å². The van der Waals surface area contributed by atoms with E-state index in [0.717, 1.165) is 11.3 Å². The molecule has 18 heavy (non-hydrogen) atoms. The Balaban J connectivity index is 3.21. The zero-order valence-corrected chi connectivity index (χ0v) is 11.5. The van der Waals surface area contributed by atoms with E-state index in [1.165, 1.54) is 17.3 Å². The van der Waals surface area contributed by atoms with Gasteiger partial charge < -0.3 is 0 Å². The van der Waals surface area contributed by atoms with Crippen LogP contribution in [-0.2, 0) is 4.79 Å². The van der Waals surface area contributed by atoms with Gasteiger partial charge in [0.15, 0.2) is 0 Å². The third kappa shape index (κ3) is 1.96. The molecule has 0 spiro atoms. The van der Waals surface area contributed by atoms with E-state index in [9.17, 15) is 9.59 Å². The Morgan fingerprint density at radius 2 is 1.89 bits per heavy atom. The van der Waals surface area contributed by atoms with E-state index in [4.69, 9.17) is 0 Å². The normalized spacial score (nSPS) is 25.5. The van der Waals surface area contributed by atoms with E-state index in [2.05, 4.69) is 27.0 Å². The lowest BCUT2D eigenvalue weighted by Crippen LogP contribution is -2.47. The van der Waals surface area contributed by atoms with Gasteiger partial charge in [-0.2, -0.15) is 0 Å². The van der Waals surface area contributed by atoms with E-state index in [1.807, 2.05) is 6.92 Å². The summed E-state index contributed by atoms with van der Waals surface area (Å²) in [6.07, 6.45) is 4.95. The van der Waals surface area contributed by atoms with Crippen molar-refractivity contribution >= 4 is 11.9 Å².